The summed E-state index contributed by atoms with van der Waals surface area (Å²) in [5.74, 6) is 0.897. The van der Waals surface area contributed by atoms with E-state index in [1.165, 1.54) is 12.1 Å². The third-order valence-corrected chi connectivity index (χ3v) is 6.35. The number of anilines is 2. The van der Waals surface area contributed by atoms with Gasteiger partial charge in [-0.15, -0.1) is 0 Å². The second kappa shape index (κ2) is 7.08. The van der Waals surface area contributed by atoms with Crippen LogP contribution in [0.5, 0.6) is 0 Å². The van der Waals surface area contributed by atoms with E-state index in [1.54, 1.807) is 30.3 Å². The van der Waals surface area contributed by atoms with Crippen LogP contribution in [0.15, 0.2) is 70.7 Å². The third kappa shape index (κ3) is 3.48. The van der Waals surface area contributed by atoms with E-state index in [1.807, 2.05) is 0 Å². The second-order valence-corrected chi connectivity index (χ2v) is 8.46. The number of rotatable bonds is 6. The number of nitrogens with zero attached hydrogens (tertiary/aromatic N) is 2. The maximum Gasteiger partial charge on any atom is 0.295 e. The van der Waals surface area contributed by atoms with Crippen LogP contribution in [0.2, 0.25) is 0 Å². The highest BCUT2D eigenvalue weighted by atomic mass is 32.2. The summed E-state index contributed by atoms with van der Waals surface area (Å²) in [4.78, 5) is 10.6. The Morgan fingerprint density at radius 1 is 1.14 bits per heavy atom. The predicted molar refractivity (Wildman–Crippen MR) is 107 cm³/mol. The van der Waals surface area contributed by atoms with Crippen LogP contribution in [0, 0.1) is 22.0 Å². The molecular weight excluding hydrogens is 380 g/mol. The Balaban J connectivity index is 1.57. The summed E-state index contributed by atoms with van der Waals surface area (Å²) in [6.07, 6.45) is 6.14. The first-order valence-electron chi connectivity index (χ1n) is 8.79. The van der Waals surface area contributed by atoms with Crippen molar-refractivity contribution in [2.75, 3.05) is 10.1 Å². The Hall–Kier alpha value is -3.20. The van der Waals surface area contributed by atoms with Crippen molar-refractivity contribution in [3.63, 3.8) is 0 Å². The van der Waals surface area contributed by atoms with Crippen molar-refractivity contribution in [2.45, 2.75) is 17.7 Å². The summed E-state index contributed by atoms with van der Waals surface area (Å²) >= 11 is 0. The Kier molecular flexibility index (Phi) is 4.60. The average Bonchev–Trinajstić information content (AvgIpc) is 3.03. The lowest BCUT2D eigenvalue weighted by atomic mass is 9.74. The summed E-state index contributed by atoms with van der Waals surface area (Å²) in [6.45, 7) is 0. The van der Waals surface area contributed by atoms with Gasteiger partial charge in [0.15, 0.2) is 0 Å². The lowest BCUT2D eigenvalue weighted by Gasteiger charge is -2.31. The fourth-order valence-corrected chi connectivity index (χ4v) is 4.52. The predicted octanol–water partition coefficient (Wildman–Crippen LogP) is 3.76. The molecule has 1 fully saturated rings. The van der Waals surface area contributed by atoms with Crippen molar-refractivity contribution in [3.05, 3.63) is 70.8 Å². The fourth-order valence-electron chi connectivity index (χ4n) is 3.44. The highest BCUT2D eigenvalue weighted by molar-refractivity contribution is 7.92. The van der Waals surface area contributed by atoms with Gasteiger partial charge in [-0.3, -0.25) is 20.3 Å². The molecule has 9 heteroatoms. The zero-order chi connectivity index (χ0) is 19.7. The first kappa shape index (κ1) is 18.2. The summed E-state index contributed by atoms with van der Waals surface area (Å²) in [7, 11) is -3.95. The van der Waals surface area contributed by atoms with Crippen LogP contribution in [0.3, 0.4) is 0 Å². The minimum absolute atomic E-state index is 0.154. The number of nitro benzene ring substituents is 1. The monoisotopic (exact) mass is 398 g/mol. The third-order valence-electron chi connectivity index (χ3n) is 4.97. The molecule has 2 aliphatic carbocycles. The molecule has 2 aromatic carbocycles. The highest BCUT2D eigenvalue weighted by Crippen LogP contribution is 2.40. The van der Waals surface area contributed by atoms with Crippen LogP contribution in [0.1, 0.15) is 12.8 Å². The molecule has 0 bridgehead atoms. The van der Waals surface area contributed by atoms with E-state index in [2.05, 4.69) is 27.4 Å². The maximum absolute atomic E-state index is 12.5. The molecule has 2 N–H and O–H groups in total. The molecule has 2 aromatic rings. The molecule has 0 spiro atoms. The minimum atomic E-state index is -3.95. The molecule has 2 atom stereocenters. The van der Waals surface area contributed by atoms with Gasteiger partial charge in [-0.2, -0.15) is 5.10 Å². The van der Waals surface area contributed by atoms with Gasteiger partial charge in [0.05, 0.1) is 9.82 Å². The molecule has 1 saturated carbocycles. The number of fused-ring (bicyclic) bond motifs is 1. The molecule has 0 aromatic heterocycles. The van der Waals surface area contributed by atoms with Gasteiger partial charge in [-0.05, 0) is 43.0 Å². The van der Waals surface area contributed by atoms with Crippen molar-refractivity contribution >= 4 is 32.8 Å². The number of hydrogen-bond donors (Lipinski definition) is 2. The largest absolute Gasteiger partial charge is 0.295 e. The molecule has 0 amide bonds. The lowest BCUT2D eigenvalue weighted by molar-refractivity contribution is -0.384. The molecule has 0 heterocycles. The van der Waals surface area contributed by atoms with E-state index in [-0.39, 0.29) is 16.3 Å². The number of hydrogen-bond acceptors (Lipinski definition) is 6. The van der Waals surface area contributed by atoms with Gasteiger partial charge in [-0.25, -0.2) is 8.42 Å². The smallest absolute Gasteiger partial charge is 0.280 e. The molecular formula is C19H18N4O4S. The van der Waals surface area contributed by atoms with Crippen LogP contribution in [0.4, 0.5) is 17.1 Å². The van der Waals surface area contributed by atoms with Gasteiger partial charge in [0.2, 0.25) is 0 Å². The Bertz CT molecular complexity index is 1080. The molecule has 0 unspecified atom stereocenters. The molecule has 0 radical (unpaired) electrons. The quantitative estimate of drug-likeness (QED) is 0.437. The molecule has 8 nitrogen and oxygen atoms in total. The second-order valence-electron chi connectivity index (χ2n) is 6.78. The van der Waals surface area contributed by atoms with Crippen LogP contribution in [-0.2, 0) is 10.0 Å². The molecule has 28 heavy (non-hydrogen) atoms. The van der Waals surface area contributed by atoms with Gasteiger partial charge in [0.25, 0.3) is 15.7 Å². The van der Waals surface area contributed by atoms with Crippen LogP contribution in [0.25, 0.3) is 0 Å². The summed E-state index contributed by atoms with van der Waals surface area (Å²) in [5, 5.41) is 15.8. The van der Waals surface area contributed by atoms with E-state index >= 15 is 0 Å². The number of nitrogens with one attached hydrogen (secondary N) is 2. The summed E-state index contributed by atoms with van der Waals surface area (Å²) in [5.41, 5.74) is 3.87. The van der Waals surface area contributed by atoms with Gasteiger partial charge >= 0.3 is 0 Å². The van der Waals surface area contributed by atoms with Crippen molar-refractivity contribution in [3.8, 4) is 0 Å². The number of allylic oxidation sites excluding steroid dienone is 2. The van der Waals surface area contributed by atoms with Crippen molar-refractivity contribution in [2.24, 2.45) is 16.9 Å². The van der Waals surface area contributed by atoms with Crippen molar-refractivity contribution in [1.82, 2.24) is 0 Å². The van der Waals surface area contributed by atoms with Crippen LogP contribution < -0.4 is 10.1 Å². The topological polar surface area (TPSA) is 114 Å². The van der Waals surface area contributed by atoms with Crippen LogP contribution >= 0.6 is 0 Å². The van der Waals surface area contributed by atoms with Crippen molar-refractivity contribution < 1.29 is 13.3 Å². The Labute approximate surface area is 162 Å². The number of para-hydroxylation sites is 1. The first-order valence-corrected chi connectivity index (χ1v) is 10.3. The molecule has 2 aliphatic rings. The molecule has 4 rings (SSSR count). The van der Waals surface area contributed by atoms with E-state index in [0.29, 0.717) is 17.5 Å². The zero-order valence-corrected chi connectivity index (χ0v) is 15.6. The fraction of sp³-hybridized carbons (Fsp3) is 0.211. The van der Waals surface area contributed by atoms with Crippen LogP contribution in [-0.4, -0.2) is 19.1 Å². The zero-order valence-electron chi connectivity index (χ0n) is 14.8. The average molecular weight is 398 g/mol. The Morgan fingerprint density at radius 3 is 2.64 bits per heavy atom. The number of sulfonamides is 1. The van der Waals surface area contributed by atoms with Gasteiger partial charge in [0.1, 0.15) is 5.69 Å². The van der Waals surface area contributed by atoms with E-state index in [4.69, 9.17) is 0 Å². The number of benzene rings is 2. The normalized spacial score (nSPS) is 21.8. The van der Waals surface area contributed by atoms with E-state index < -0.39 is 14.9 Å². The molecule has 0 aliphatic heterocycles. The Morgan fingerprint density at radius 2 is 1.93 bits per heavy atom. The number of nitro groups is 1. The van der Waals surface area contributed by atoms with Gasteiger partial charge < -0.3 is 0 Å². The molecule has 0 saturated heterocycles. The first-order chi connectivity index (χ1) is 13.4. The SMILES string of the molecule is O=[N+]([O-])c1cc(S(=O)(=O)Nc2ccccc2)ccc1N/N=C1/C[C@@H]2CC=C[C@@H]12. The highest BCUT2D eigenvalue weighted by Gasteiger charge is 2.38. The minimum Gasteiger partial charge on any atom is -0.280 e. The van der Waals surface area contributed by atoms with Crippen molar-refractivity contribution in [1.29, 1.82) is 0 Å². The van der Waals surface area contributed by atoms with E-state index in [9.17, 15) is 18.5 Å². The van der Waals surface area contributed by atoms with E-state index in [0.717, 1.165) is 24.6 Å². The molecule has 144 valence electrons. The summed E-state index contributed by atoms with van der Waals surface area (Å²) < 4.78 is 27.5. The standard InChI is InChI=1S/C19H18N4O4S/c24-23(25)19-12-15(28(26,27)22-14-6-2-1-3-7-14)9-10-17(19)20-21-18-11-13-5-4-8-16(13)18/h1-4,6-10,12-13,16,20,22H,5,11H2/b21-18-/t13-,16+/m0/s1. The van der Waals surface area contributed by atoms with Gasteiger partial charge in [-0.1, -0.05) is 30.4 Å². The summed E-state index contributed by atoms with van der Waals surface area (Å²) in [6, 6.07) is 12.1. The maximum atomic E-state index is 12.5. The lowest BCUT2D eigenvalue weighted by Crippen LogP contribution is -2.33. The van der Waals surface area contributed by atoms with Gasteiger partial charge in [0, 0.05) is 23.4 Å². The number of hydrazone groups is 1.